The Morgan fingerprint density at radius 2 is 1.71 bits per heavy atom. The zero-order valence-corrected chi connectivity index (χ0v) is 12.1. The quantitative estimate of drug-likeness (QED) is 0.829. The highest BCUT2D eigenvalue weighted by Crippen LogP contribution is 2.23. The van der Waals surface area contributed by atoms with Crippen molar-refractivity contribution in [2.75, 3.05) is 7.05 Å². The minimum absolute atomic E-state index is 0.0199. The Labute approximate surface area is 124 Å². The summed E-state index contributed by atoms with van der Waals surface area (Å²) in [5.74, 6) is -0.291. The Bertz CT molecular complexity index is 581. The summed E-state index contributed by atoms with van der Waals surface area (Å²) in [6, 6.07) is 15.6. The number of carbonyl (C=O) groups is 1. The van der Waals surface area contributed by atoms with E-state index in [1.54, 1.807) is 12.1 Å². The Morgan fingerprint density at radius 1 is 1.10 bits per heavy atom. The van der Waals surface area contributed by atoms with Gasteiger partial charge in [0.25, 0.3) is 0 Å². The van der Waals surface area contributed by atoms with E-state index in [1.165, 1.54) is 12.1 Å². The smallest absolute Gasteiger partial charge is 0.338 e. The molecule has 0 aliphatic rings. The van der Waals surface area contributed by atoms with Gasteiger partial charge in [-0.1, -0.05) is 30.3 Å². The largest absolute Gasteiger partial charge is 0.508 e. The molecule has 21 heavy (non-hydrogen) atoms. The summed E-state index contributed by atoms with van der Waals surface area (Å²) >= 11 is 0. The summed E-state index contributed by atoms with van der Waals surface area (Å²) < 4.78 is 5.63. The molecule has 0 bridgehead atoms. The number of phenolic OH excluding ortho intramolecular Hbond substituents is 1. The van der Waals surface area contributed by atoms with Crippen LogP contribution in [0.5, 0.6) is 5.75 Å². The summed E-state index contributed by atoms with van der Waals surface area (Å²) in [5, 5.41) is 12.4. The fourth-order valence-corrected chi connectivity index (χ4v) is 2.03. The third-order valence-corrected chi connectivity index (χ3v) is 3.37. The number of phenols is 1. The van der Waals surface area contributed by atoms with Gasteiger partial charge >= 0.3 is 5.97 Å². The van der Waals surface area contributed by atoms with Crippen LogP contribution in [-0.4, -0.2) is 24.2 Å². The van der Waals surface area contributed by atoms with E-state index in [1.807, 2.05) is 44.3 Å². The van der Waals surface area contributed by atoms with E-state index in [0.29, 0.717) is 5.56 Å². The predicted molar refractivity (Wildman–Crippen MR) is 81.2 cm³/mol. The number of benzene rings is 2. The van der Waals surface area contributed by atoms with Gasteiger partial charge in [0.1, 0.15) is 11.9 Å². The molecule has 0 unspecified atom stereocenters. The second-order valence-electron chi connectivity index (χ2n) is 4.86. The Morgan fingerprint density at radius 3 is 2.29 bits per heavy atom. The molecule has 110 valence electrons. The number of ether oxygens (including phenoxy) is 1. The van der Waals surface area contributed by atoms with Crippen molar-refractivity contribution < 1.29 is 14.6 Å². The fraction of sp³-hybridized carbons (Fsp3) is 0.235. The highest BCUT2D eigenvalue weighted by atomic mass is 16.5. The lowest BCUT2D eigenvalue weighted by atomic mass is 10.0. The van der Waals surface area contributed by atoms with Crippen molar-refractivity contribution >= 4 is 5.97 Å². The molecule has 4 nitrogen and oxygen atoms in total. The van der Waals surface area contributed by atoms with Gasteiger partial charge in [0, 0.05) is 6.04 Å². The van der Waals surface area contributed by atoms with Gasteiger partial charge in [-0.2, -0.15) is 0 Å². The van der Waals surface area contributed by atoms with Crippen LogP contribution in [0.1, 0.15) is 28.9 Å². The molecule has 0 saturated heterocycles. The van der Waals surface area contributed by atoms with E-state index in [0.717, 1.165) is 5.56 Å². The van der Waals surface area contributed by atoms with Crippen molar-refractivity contribution in [3.8, 4) is 5.75 Å². The van der Waals surface area contributed by atoms with Gasteiger partial charge in [-0.25, -0.2) is 4.79 Å². The lowest BCUT2D eigenvalue weighted by Crippen LogP contribution is -2.32. The van der Waals surface area contributed by atoms with Gasteiger partial charge < -0.3 is 15.2 Å². The molecule has 0 radical (unpaired) electrons. The lowest BCUT2D eigenvalue weighted by molar-refractivity contribution is 0.0219. The van der Waals surface area contributed by atoms with Crippen LogP contribution in [0.25, 0.3) is 0 Å². The van der Waals surface area contributed by atoms with Crippen LogP contribution in [0, 0.1) is 0 Å². The molecule has 2 aromatic rings. The molecule has 0 aliphatic heterocycles. The minimum atomic E-state index is -0.411. The van der Waals surface area contributed by atoms with Crippen molar-refractivity contribution in [1.29, 1.82) is 0 Å². The number of hydrogen-bond acceptors (Lipinski definition) is 4. The van der Waals surface area contributed by atoms with Crippen LogP contribution in [0.15, 0.2) is 54.6 Å². The molecule has 0 aliphatic carbocycles. The maximum absolute atomic E-state index is 12.2. The second-order valence-corrected chi connectivity index (χ2v) is 4.86. The van der Waals surface area contributed by atoms with E-state index < -0.39 is 5.97 Å². The van der Waals surface area contributed by atoms with Crippen LogP contribution in [0.4, 0.5) is 0 Å². The zero-order valence-electron chi connectivity index (χ0n) is 12.1. The molecule has 0 amide bonds. The second kappa shape index (κ2) is 6.90. The first-order chi connectivity index (χ1) is 10.1. The topological polar surface area (TPSA) is 58.6 Å². The van der Waals surface area contributed by atoms with Crippen LogP contribution >= 0.6 is 0 Å². The zero-order chi connectivity index (χ0) is 15.2. The molecule has 0 fully saturated rings. The summed E-state index contributed by atoms with van der Waals surface area (Å²) in [4.78, 5) is 12.2. The summed E-state index contributed by atoms with van der Waals surface area (Å²) in [6.45, 7) is 1.96. The van der Waals surface area contributed by atoms with Gasteiger partial charge in [-0.05, 0) is 43.8 Å². The molecule has 0 saturated carbocycles. The number of esters is 1. The number of carbonyl (C=O) groups excluding carboxylic acids is 1. The maximum Gasteiger partial charge on any atom is 0.338 e. The first-order valence-corrected chi connectivity index (χ1v) is 6.84. The fourth-order valence-electron chi connectivity index (χ4n) is 2.03. The number of aromatic hydroxyl groups is 1. The van der Waals surface area contributed by atoms with Crippen LogP contribution < -0.4 is 5.32 Å². The molecule has 0 spiro atoms. The lowest BCUT2D eigenvalue weighted by Gasteiger charge is -2.24. The first kappa shape index (κ1) is 15.1. The summed E-state index contributed by atoms with van der Waals surface area (Å²) in [5.41, 5.74) is 1.35. The van der Waals surface area contributed by atoms with E-state index >= 15 is 0 Å². The van der Waals surface area contributed by atoms with Crippen LogP contribution in [-0.2, 0) is 4.74 Å². The molecule has 0 aromatic heterocycles. The standard InChI is InChI=1S/C17H19NO3/c1-12(18-2)16(13-6-4-3-5-7-13)21-17(20)14-8-10-15(19)11-9-14/h3-12,16,18-19H,1-2H3/t12-,16-/m1/s1. The van der Waals surface area contributed by atoms with Gasteiger partial charge in [0.05, 0.1) is 5.56 Å². The Balaban J connectivity index is 2.19. The number of nitrogens with one attached hydrogen (secondary N) is 1. The predicted octanol–water partition coefficient (Wildman–Crippen LogP) is 2.90. The van der Waals surface area contributed by atoms with Crippen molar-refractivity contribution in [2.24, 2.45) is 0 Å². The molecular weight excluding hydrogens is 266 g/mol. The van der Waals surface area contributed by atoms with Crippen molar-refractivity contribution in [3.05, 3.63) is 65.7 Å². The molecule has 0 heterocycles. The van der Waals surface area contributed by atoms with Gasteiger partial charge in [-0.3, -0.25) is 0 Å². The maximum atomic E-state index is 12.2. The highest BCUT2D eigenvalue weighted by molar-refractivity contribution is 5.89. The monoisotopic (exact) mass is 285 g/mol. The van der Waals surface area contributed by atoms with Crippen LogP contribution in [0.3, 0.4) is 0 Å². The van der Waals surface area contributed by atoms with E-state index in [4.69, 9.17) is 4.74 Å². The van der Waals surface area contributed by atoms with E-state index in [-0.39, 0.29) is 17.9 Å². The molecule has 2 rings (SSSR count). The van der Waals surface area contributed by atoms with Crippen molar-refractivity contribution in [1.82, 2.24) is 5.32 Å². The third-order valence-electron chi connectivity index (χ3n) is 3.37. The Hall–Kier alpha value is -2.33. The number of hydrogen-bond donors (Lipinski definition) is 2. The van der Waals surface area contributed by atoms with Gasteiger partial charge in [-0.15, -0.1) is 0 Å². The molecule has 4 heteroatoms. The SMILES string of the molecule is CN[C@H](C)[C@@H](OC(=O)c1ccc(O)cc1)c1ccccc1. The van der Waals surface area contributed by atoms with Gasteiger partial charge in [0.15, 0.2) is 0 Å². The number of likely N-dealkylation sites (N-methyl/N-ethyl adjacent to an activating group) is 1. The third kappa shape index (κ3) is 3.83. The summed E-state index contributed by atoms with van der Waals surface area (Å²) in [7, 11) is 1.83. The van der Waals surface area contributed by atoms with Crippen molar-refractivity contribution in [2.45, 2.75) is 19.1 Å². The first-order valence-electron chi connectivity index (χ1n) is 6.84. The van der Waals surface area contributed by atoms with E-state index in [2.05, 4.69) is 5.32 Å². The number of rotatable bonds is 5. The van der Waals surface area contributed by atoms with Crippen molar-refractivity contribution in [3.63, 3.8) is 0 Å². The van der Waals surface area contributed by atoms with Crippen LogP contribution in [0.2, 0.25) is 0 Å². The highest BCUT2D eigenvalue weighted by Gasteiger charge is 2.23. The van der Waals surface area contributed by atoms with Gasteiger partial charge in [0.2, 0.25) is 0 Å². The Kier molecular flexibility index (Phi) is 4.95. The molecule has 2 N–H and O–H groups in total. The average molecular weight is 285 g/mol. The molecular formula is C17H19NO3. The average Bonchev–Trinajstić information content (AvgIpc) is 2.53. The minimum Gasteiger partial charge on any atom is -0.508 e. The van der Waals surface area contributed by atoms with E-state index in [9.17, 15) is 9.90 Å². The molecule has 2 atom stereocenters. The molecule has 2 aromatic carbocycles. The summed E-state index contributed by atoms with van der Waals surface area (Å²) in [6.07, 6.45) is -0.377. The normalized spacial score (nSPS) is 13.4.